The van der Waals surface area contributed by atoms with Gasteiger partial charge in [-0.3, -0.25) is 38.4 Å². The van der Waals surface area contributed by atoms with Crippen LogP contribution in [0.4, 0.5) is 4.79 Å². The van der Waals surface area contributed by atoms with Gasteiger partial charge in [-0.05, 0) is 205 Å². The molecular formula is C78H100N10O10. The Bertz CT molecular complexity index is 3420. The SMILES string of the molecule is C[C@@H](CCCNC(=O)c1ccc(C(=O)NCCC[C@H](C)C(=O)N2CCC[C@H]2C(=O)N[C@@H]2CCCc3ccccc32)cc1)C(=O)N1CCCC1C(=O)N[C@@H]1CCCc2ccccc21.NCCC[C@H](NC(=O)OCc1ccccc1)C(=O)N1CCCC1C(=O)N[C@H]1CCCc2ccccc21. The molecule has 0 bridgehead atoms. The summed E-state index contributed by atoms with van der Waals surface area (Å²) in [4.78, 5) is 124. The van der Waals surface area contributed by atoms with E-state index in [-0.39, 0.29) is 83.8 Å². The highest BCUT2D eigenvalue weighted by molar-refractivity contribution is 5.98. The van der Waals surface area contributed by atoms with Crippen LogP contribution in [0.25, 0.3) is 0 Å². The van der Waals surface area contributed by atoms with Crippen LogP contribution in [0.2, 0.25) is 0 Å². The van der Waals surface area contributed by atoms with E-state index < -0.39 is 30.3 Å². The Balaban J connectivity index is 0.000000245. The van der Waals surface area contributed by atoms with Crippen molar-refractivity contribution in [2.75, 3.05) is 39.3 Å². The monoisotopic (exact) mass is 1340 g/mol. The van der Waals surface area contributed by atoms with Crippen molar-refractivity contribution in [2.45, 2.75) is 198 Å². The number of rotatable bonds is 25. The predicted molar refractivity (Wildman–Crippen MR) is 375 cm³/mol. The number of alkyl carbamates (subject to hydrolysis) is 1. The van der Waals surface area contributed by atoms with Gasteiger partial charge in [0.15, 0.2) is 0 Å². The Morgan fingerprint density at radius 3 is 1.22 bits per heavy atom. The van der Waals surface area contributed by atoms with Crippen LogP contribution in [-0.2, 0) is 59.4 Å². The molecule has 0 radical (unpaired) electrons. The van der Waals surface area contributed by atoms with Gasteiger partial charge in [0.05, 0.1) is 18.1 Å². The lowest BCUT2D eigenvalue weighted by Crippen LogP contribution is -2.54. The highest BCUT2D eigenvalue weighted by Gasteiger charge is 2.41. The number of fused-ring (bicyclic) bond motifs is 3. The molecule has 3 aliphatic carbocycles. The Morgan fingerprint density at radius 2 is 0.827 bits per heavy atom. The van der Waals surface area contributed by atoms with Crippen LogP contribution in [0.3, 0.4) is 0 Å². The minimum absolute atomic E-state index is 0.0203. The molecule has 98 heavy (non-hydrogen) atoms. The number of carbonyl (C=O) groups excluding carboxylic acids is 9. The molecule has 3 heterocycles. The van der Waals surface area contributed by atoms with Gasteiger partial charge in [-0.1, -0.05) is 117 Å². The van der Waals surface area contributed by atoms with Crippen molar-refractivity contribution < 1.29 is 47.9 Å². The number of nitrogens with two attached hydrogens (primary N) is 1. The number of benzene rings is 5. The first kappa shape index (κ1) is 71.9. The third-order valence-corrected chi connectivity index (χ3v) is 20.5. The normalized spacial score (nSPS) is 20.9. The van der Waals surface area contributed by atoms with Crippen LogP contribution in [0.15, 0.2) is 127 Å². The number of hydrogen-bond donors (Lipinski definition) is 7. The summed E-state index contributed by atoms with van der Waals surface area (Å²) in [6, 6.07) is 38.3. The smallest absolute Gasteiger partial charge is 0.408 e. The van der Waals surface area contributed by atoms with Crippen LogP contribution in [0.5, 0.6) is 0 Å². The van der Waals surface area contributed by atoms with Crippen LogP contribution in [-0.4, -0.2) is 131 Å². The molecule has 0 aromatic heterocycles. The summed E-state index contributed by atoms with van der Waals surface area (Å²) in [6.45, 7) is 6.72. The highest BCUT2D eigenvalue weighted by atomic mass is 16.5. The number of likely N-dealkylation sites (tertiary alicyclic amines) is 3. The standard InChI is InChI=1S/C50H64N6O6.C28H36N4O4/c1-33(49(61)55-31-11-23-43(55)47(59)53-41-21-7-17-35-15-3-5-19-39(35)41)13-9-29-51-45(57)37-25-27-38(28-26-37)46(58)52-30-10-14-34(2)50(62)56-32-12-24-44(56)48(60)54-42-22-8-18-36-16-4-6-20-40(36)42;29-17-7-15-24(31-28(35)36-19-20-9-2-1-3-10-20)27(34)32-18-8-16-25(32)26(33)30-23-14-6-12-21-11-4-5-13-22(21)23/h3-6,15-16,19-20,25-28,33-34,41-44H,7-14,17-18,21-24,29-32H2,1-2H3,(H,51,57)(H,52,58)(H,53,59)(H,54,60);1-5,9-11,13,23-25H,6-8,12,14-19,29H2,(H,30,33)(H,31,35)/t33-,34-,41+,42+,43-,44?;23-,24-,25?/m00/s1. The maximum Gasteiger partial charge on any atom is 0.408 e. The van der Waals surface area contributed by atoms with Gasteiger partial charge in [0, 0.05) is 55.7 Å². The predicted octanol–water partition coefficient (Wildman–Crippen LogP) is 9.55. The van der Waals surface area contributed by atoms with Crippen LogP contribution < -0.4 is 37.6 Å². The summed E-state index contributed by atoms with van der Waals surface area (Å²) in [5.74, 6) is -1.66. The van der Waals surface area contributed by atoms with E-state index in [0.717, 1.165) is 88.2 Å². The van der Waals surface area contributed by atoms with Crippen molar-refractivity contribution in [1.29, 1.82) is 0 Å². The molecule has 522 valence electrons. The molecule has 3 aliphatic heterocycles. The van der Waals surface area contributed by atoms with E-state index in [9.17, 15) is 43.2 Å². The maximum absolute atomic E-state index is 13.5. The van der Waals surface area contributed by atoms with E-state index >= 15 is 0 Å². The maximum atomic E-state index is 13.5. The fourth-order valence-electron chi connectivity index (χ4n) is 15.1. The molecule has 3 saturated heterocycles. The molecular weight excluding hydrogens is 1240 g/mol. The quantitative estimate of drug-likeness (QED) is 0.0270. The Morgan fingerprint density at radius 1 is 0.449 bits per heavy atom. The molecule has 11 rings (SSSR count). The number of amides is 9. The van der Waals surface area contributed by atoms with Crippen molar-refractivity contribution >= 4 is 53.4 Å². The van der Waals surface area contributed by atoms with Crippen LogP contribution in [0, 0.1) is 11.8 Å². The van der Waals surface area contributed by atoms with Gasteiger partial charge in [0.1, 0.15) is 30.8 Å². The lowest BCUT2D eigenvalue weighted by Gasteiger charge is -2.31. The molecule has 8 N–H and O–H groups in total. The first-order chi connectivity index (χ1) is 47.6. The lowest BCUT2D eigenvalue weighted by atomic mass is 9.87. The third kappa shape index (κ3) is 18.8. The number of nitrogens with one attached hydrogen (secondary N) is 6. The molecule has 0 saturated carbocycles. The van der Waals surface area contributed by atoms with Gasteiger partial charge in [-0.15, -0.1) is 0 Å². The zero-order valence-electron chi connectivity index (χ0n) is 57.1. The zero-order valence-corrected chi connectivity index (χ0v) is 57.1. The minimum Gasteiger partial charge on any atom is -0.445 e. The van der Waals surface area contributed by atoms with Gasteiger partial charge >= 0.3 is 6.09 Å². The van der Waals surface area contributed by atoms with E-state index in [1.54, 1.807) is 39.0 Å². The number of carbonyl (C=O) groups is 9. The second kappa shape index (κ2) is 35.6. The van der Waals surface area contributed by atoms with Crippen molar-refractivity contribution in [2.24, 2.45) is 17.6 Å². The summed E-state index contributed by atoms with van der Waals surface area (Å²) in [7, 11) is 0. The van der Waals surface area contributed by atoms with Crippen molar-refractivity contribution in [3.63, 3.8) is 0 Å². The largest absolute Gasteiger partial charge is 0.445 e. The first-order valence-electron chi connectivity index (χ1n) is 36.0. The van der Waals surface area contributed by atoms with Gasteiger partial charge < -0.3 is 57.1 Å². The molecule has 9 amide bonds. The van der Waals surface area contributed by atoms with Crippen molar-refractivity contribution in [3.05, 3.63) is 177 Å². The zero-order chi connectivity index (χ0) is 68.9. The summed E-state index contributed by atoms with van der Waals surface area (Å²) in [5.41, 5.74) is 14.8. The molecule has 20 nitrogen and oxygen atoms in total. The van der Waals surface area contributed by atoms with E-state index in [1.165, 1.54) is 27.8 Å². The third-order valence-electron chi connectivity index (χ3n) is 20.5. The molecule has 6 aliphatic rings. The fraction of sp³-hybridized carbons (Fsp3) is 0.500. The molecule has 5 aromatic carbocycles. The molecule has 9 atom stereocenters. The second-order valence-corrected chi connectivity index (χ2v) is 27.4. The fourth-order valence-corrected chi connectivity index (χ4v) is 15.1. The Labute approximate surface area is 577 Å². The summed E-state index contributed by atoms with van der Waals surface area (Å²) >= 11 is 0. The molecule has 20 heteroatoms. The minimum atomic E-state index is -0.791. The van der Waals surface area contributed by atoms with Crippen LogP contribution in [0.1, 0.15) is 207 Å². The first-order valence-corrected chi connectivity index (χ1v) is 36.0. The summed E-state index contributed by atoms with van der Waals surface area (Å²) in [5, 5.41) is 18.3. The second-order valence-electron chi connectivity index (χ2n) is 27.4. The molecule has 0 spiro atoms. The van der Waals surface area contributed by atoms with Gasteiger partial charge in [-0.25, -0.2) is 4.79 Å². The van der Waals surface area contributed by atoms with Gasteiger partial charge in [0.25, 0.3) is 11.8 Å². The van der Waals surface area contributed by atoms with Gasteiger partial charge in [-0.2, -0.15) is 0 Å². The summed E-state index contributed by atoms with van der Waals surface area (Å²) in [6.07, 6.45) is 15.8. The number of hydrogen-bond acceptors (Lipinski definition) is 11. The Kier molecular flexibility index (Phi) is 26.1. The number of aryl methyl sites for hydroxylation is 3. The summed E-state index contributed by atoms with van der Waals surface area (Å²) < 4.78 is 5.33. The molecule has 5 aromatic rings. The van der Waals surface area contributed by atoms with E-state index in [2.05, 4.69) is 68.3 Å². The lowest BCUT2D eigenvalue weighted by molar-refractivity contribution is -0.141. The number of nitrogens with zero attached hydrogens (tertiary/aromatic N) is 3. The van der Waals surface area contributed by atoms with Crippen LogP contribution >= 0.6 is 0 Å². The van der Waals surface area contributed by atoms with E-state index in [0.29, 0.717) is 108 Å². The van der Waals surface area contributed by atoms with E-state index in [1.807, 2.05) is 80.6 Å². The van der Waals surface area contributed by atoms with Gasteiger partial charge in [0.2, 0.25) is 35.4 Å². The average Bonchev–Trinajstić information content (AvgIpc) is 1.14. The topological polar surface area (TPSA) is 271 Å². The average molecular weight is 1340 g/mol. The molecule has 2 unspecified atom stereocenters. The highest BCUT2D eigenvalue weighted by Crippen LogP contribution is 2.34. The molecule has 3 fully saturated rings. The Hall–Kier alpha value is -8.91. The van der Waals surface area contributed by atoms with Crippen molar-refractivity contribution in [3.8, 4) is 0 Å². The number of ether oxygens (including phenoxy) is 1. The van der Waals surface area contributed by atoms with E-state index in [4.69, 9.17) is 10.5 Å². The van der Waals surface area contributed by atoms with Crippen molar-refractivity contribution in [1.82, 2.24) is 46.6 Å².